The summed E-state index contributed by atoms with van der Waals surface area (Å²) in [4.78, 5) is 7.04. The van der Waals surface area contributed by atoms with Gasteiger partial charge in [-0.1, -0.05) is 48.0 Å². The molecule has 0 fully saturated rings. The Morgan fingerprint density at radius 1 is 0.560 bits per heavy atom. The summed E-state index contributed by atoms with van der Waals surface area (Å²) in [6.45, 7) is 7.03. The maximum Gasteiger partial charge on any atom is 0.417 e. The molecule has 2 nitrogen and oxygen atoms in total. The molecule has 4 aromatic rings. The zero-order chi connectivity index (χ0) is 36.9. The molecule has 0 N–H and O–H groups in total. The van der Waals surface area contributed by atoms with Crippen molar-refractivity contribution in [3.05, 3.63) is 135 Å². The van der Waals surface area contributed by atoms with E-state index < -0.39 is 41.9 Å². The molecule has 10 heteroatoms. The molecule has 0 unspecified atom stereocenters. The Balaban J connectivity index is 0.000000272. The Morgan fingerprint density at radius 3 is 1.38 bits per heavy atom. The van der Waals surface area contributed by atoms with E-state index in [0.29, 0.717) is 11.9 Å². The summed E-state index contributed by atoms with van der Waals surface area (Å²) < 4.78 is 79.9. The molecule has 2 aromatic carbocycles. The summed E-state index contributed by atoms with van der Waals surface area (Å²) >= 11 is 3.22. The van der Waals surface area contributed by atoms with Gasteiger partial charge in [0.2, 0.25) is 0 Å². The zero-order valence-corrected chi connectivity index (χ0v) is 32.6. The van der Waals surface area contributed by atoms with Crippen molar-refractivity contribution in [3.8, 4) is 0 Å². The van der Waals surface area contributed by atoms with Gasteiger partial charge in [0.1, 0.15) is 5.15 Å². The maximum absolute atomic E-state index is 12.3. The second kappa shape index (κ2) is 22.7. The van der Waals surface area contributed by atoms with E-state index in [1.807, 2.05) is 30.3 Å². The molecule has 2 aromatic heterocycles. The molecule has 0 amide bonds. The van der Waals surface area contributed by atoms with Crippen LogP contribution in [0.4, 0.5) is 26.3 Å². The topological polar surface area (TPSA) is 25.8 Å². The van der Waals surface area contributed by atoms with Gasteiger partial charge in [0.05, 0.1) is 16.8 Å². The molecule has 2 heterocycles. The van der Waals surface area contributed by atoms with Crippen molar-refractivity contribution in [2.45, 2.75) is 85.0 Å². The van der Waals surface area contributed by atoms with Crippen LogP contribution in [0.3, 0.4) is 0 Å². The quantitative estimate of drug-likeness (QED) is 0.0762. The third-order valence-electron chi connectivity index (χ3n) is 7.93. The minimum absolute atomic E-state index is 0.0537. The minimum Gasteiger partial charge on any atom is -0.256 e. The monoisotopic (exact) mass is 824 g/mol. The third kappa shape index (κ3) is 17.2. The molecule has 0 saturated heterocycles. The Kier molecular flexibility index (Phi) is 19.5. The van der Waals surface area contributed by atoms with Crippen molar-refractivity contribution in [2.75, 3.05) is 0 Å². The number of aromatic nitrogens is 2. The van der Waals surface area contributed by atoms with Crippen molar-refractivity contribution < 1.29 is 26.3 Å². The van der Waals surface area contributed by atoms with Crippen LogP contribution in [0.15, 0.2) is 101 Å². The smallest absolute Gasteiger partial charge is 0.256 e. The van der Waals surface area contributed by atoms with Gasteiger partial charge in [-0.15, -0.1) is 0 Å². The van der Waals surface area contributed by atoms with E-state index in [0.717, 1.165) is 30.0 Å². The number of hydrogen-bond acceptors (Lipinski definition) is 2. The second-order valence-corrected chi connectivity index (χ2v) is 25.4. The van der Waals surface area contributed by atoms with Crippen molar-refractivity contribution in [1.29, 1.82) is 0 Å². The first-order valence-corrected chi connectivity index (χ1v) is 25.1. The van der Waals surface area contributed by atoms with Crippen LogP contribution in [-0.2, 0) is 12.4 Å². The molecular formula is C40H47ClF6N2Sn. The van der Waals surface area contributed by atoms with Crippen LogP contribution in [0.25, 0.3) is 18.2 Å². The van der Waals surface area contributed by atoms with Gasteiger partial charge < -0.3 is 0 Å². The number of alkyl halides is 6. The number of hydrogen-bond donors (Lipinski definition) is 0. The van der Waals surface area contributed by atoms with Crippen LogP contribution in [0.5, 0.6) is 0 Å². The van der Waals surface area contributed by atoms with E-state index in [-0.39, 0.29) is 5.15 Å². The summed E-state index contributed by atoms with van der Waals surface area (Å²) in [5, 5.41) is 0.0537. The molecule has 0 radical (unpaired) electrons. The van der Waals surface area contributed by atoms with Crippen LogP contribution >= 0.6 is 11.6 Å². The fraction of sp³-hybridized carbons (Fsp3) is 0.350. The maximum atomic E-state index is 12.3. The molecule has 0 saturated carbocycles. The summed E-state index contributed by atoms with van der Waals surface area (Å²) in [6, 6.07) is 24.7. The predicted molar refractivity (Wildman–Crippen MR) is 199 cm³/mol. The van der Waals surface area contributed by atoms with Crippen LogP contribution in [0.2, 0.25) is 18.5 Å². The Hall–Kier alpha value is -3.11. The minimum atomic E-state index is -4.34. The van der Waals surface area contributed by atoms with Crippen LogP contribution in [0.1, 0.15) is 87.2 Å². The van der Waals surface area contributed by atoms with E-state index in [4.69, 9.17) is 11.6 Å². The molecular weight excluding hydrogens is 777 g/mol. The summed E-state index contributed by atoms with van der Waals surface area (Å²) in [7, 11) is 0. The SMILES string of the molecule is CCC[CH2][Sn](/[CH]=C/c1ccccc1)([CH2]CCC)[CH2]CCC.FC(F)(F)c1ccc(/C=C/c2ccccc2)nc1.FC(F)(F)c1ccc(Cl)nc1. The van der Waals surface area contributed by atoms with E-state index in [9.17, 15) is 26.3 Å². The molecule has 0 aliphatic heterocycles. The van der Waals surface area contributed by atoms with Gasteiger partial charge >= 0.3 is 149 Å². The molecule has 0 atom stereocenters. The number of halogens is 7. The number of pyridine rings is 2. The fourth-order valence-electron chi connectivity index (χ4n) is 5.01. The first kappa shape index (κ1) is 43.1. The molecule has 270 valence electrons. The third-order valence-corrected chi connectivity index (χ3v) is 22.2. The van der Waals surface area contributed by atoms with E-state index in [2.05, 4.69) is 71.2 Å². The molecule has 0 aliphatic rings. The standard InChI is InChI=1S/C14H10F3N.C8H7.C6H3ClF3N.3C4H9.Sn/c15-14(16,17)12-7-9-13(18-10-12)8-6-11-4-2-1-3-5-11;1-2-8-6-4-3-5-7-8;7-5-2-1-4(3-11-5)6(8,9)10;3*1-3-4-2;/h1-10H;1-7H;1-3H;3*1,3-4H2,2H3;/b8-6+;;;;;;. The van der Waals surface area contributed by atoms with Gasteiger partial charge in [0, 0.05) is 12.4 Å². The number of rotatable bonds is 13. The van der Waals surface area contributed by atoms with Crippen molar-refractivity contribution in [2.24, 2.45) is 0 Å². The number of unbranched alkanes of at least 4 members (excludes halogenated alkanes) is 3. The molecule has 0 bridgehead atoms. The normalized spacial score (nSPS) is 12.0. The summed E-state index contributed by atoms with van der Waals surface area (Å²) in [6.07, 6.45) is 7.21. The molecule has 0 aliphatic carbocycles. The molecule has 50 heavy (non-hydrogen) atoms. The Labute approximate surface area is 302 Å². The largest absolute Gasteiger partial charge is 0.417 e. The second-order valence-electron chi connectivity index (χ2n) is 12.0. The summed E-state index contributed by atoms with van der Waals surface area (Å²) in [5.41, 5.74) is 1.33. The average Bonchev–Trinajstić information content (AvgIpc) is 3.11. The predicted octanol–water partition coefficient (Wildman–Crippen LogP) is 14.1. The van der Waals surface area contributed by atoms with Crippen molar-refractivity contribution in [3.63, 3.8) is 0 Å². The van der Waals surface area contributed by atoms with Crippen LogP contribution in [-0.4, -0.2) is 28.3 Å². The first-order chi connectivity index (χ1) is 23.8. The van der Waals surface area contributed by atoms with Crippen LogP contribution in [0, 0.1) is 0 Å². The Morgan fingerprint density at radius 2 is 1.00 bits per heavy atom. The van der Waals surface area contributed by atoms with Gasteiger partial charge in [-0.25, -0.2) is 4.98 Å². The average molecular weight is 824 g/mol. The van der Waals surface area contributed by atoms with Crippen LogP contribution < -0.4 is 0 Å². The Bertz CT molecular complexity index is 1500. The first-order valence-electron chi connectivity index (χ1n) is 17.0. The van der Waals surface area contributed by atoms with Gasteiger partial charge in [-0.05, 0) is 35.9 Å². The molecule has 4 rings (SSSR count). The number of benzene rings is 2. The van der Waals surface area contributed by atoms with Gasteiger partial charge in [0.15, 0.2) is 0 Å². The van der Waals surface area contributed by atoms with Gasteiger partial charge in [-0.3, -0.25) is 4.98 Å². The fourth-order valence-corrected chi connectivity index (χ4v) is 19.3. The van der Waals surface area contributed by atoms with E-state index >= 15 is 0 Å². The summed E-state index contributed by atoms with van der Waals surface area (Å²) in [5.74, 6) is 0. The zero-order valence-electron chi connectivity index (χ0n) is 29.0. The van der Waals surface area contributed by atoms with Crippen molar-refractivity contribution >= 4 is 48.2 Å². The van der Waals surface area contributed by atoms with Crippen molar-refractivity contribution in [1.82, 2.24) is 9.97 Å². The van der Waals surface area contributed by atoms with Gasteiger partial charge in [0.25, 0.3) is 0 Å². The van der Waals surface area contributed by atoms with E-state index in [1.54, 1.807) is 25.5 Å². The number of nitrogens with zero attached hydrogens (tertiary/aromatic N) is 2. The van der Waals surface area contributed by atoms with Gasteiger partial charge in [-0.2, -0.15) is 26.3 Å². The molecule has 0 spiro atoms. The van der Waals surface area contributed by atoms with E-state index in [1.165, 1.54) is 50.2 Å².